The van der Waals surface area contributed by atoms with E-state index in [0.717, 1.165) is 11.4 Å². The van der Waals surface area contributed by atoms with Gasteiger partial charge in [-0.3, -0.25) is 0 Å². The summed E-state index contributed by atoms with van der Waals surface area (Å²) in [7, 11) is 0. The van der Waals surface area contributed by atoms with Crippen molar-refractivity contribution in [3.8, 4) is 11.3 Å². The van der Waals surface area contributed by atoms with Crippen molar-refractivity contribution in [1.82, 2.24) is 9.97 Å². The fourth-order valence-electron chi connectivity index (χ4n) is 1.44. The van der Waals surface area contributed by atoms with Gasteiger partial charge in [-0.2, -0.15) is 0 Å². The Morgan fingerprint density at radius 3 is 2.94 bits per heavy atom. The maximum absolute atomic E-state index is 7.78. The molecule has 0 aliphatic carbocycles. The Bertz CT molecular complexity index is 522. The topological polar surface area (TPSA) is 40.7 Å². The van der Waals surface area contributed by atoms with E-state index in [-0.39, 0.29) is 0 Å². The molecule has 0 aliphatic heterocycles. The third kappa shape index (κ3) is 2.55. The molecule has 0 aliphatic rings. The lowest BCUT2D eigenvalue weighted by molar-refractivity contribution is 0.889. The fourth-order valence-corrected chi connectivity index (χ4v) is 1.59. The molecule has 0 saturated carbocycles. The second kappa shape index (κ2) is 4.58. The summed E-state index contributed by atoms with van der Waals surface area (Å²) in [6.45, 7) is 4.10. The first-order valence-corrected chi connectivity index (χ1v) is 5.52. The van der Waals surface area contributed by atoms with Gasteiger partial charge in [-0.05, 0) is 38.1 Å². The van der Waals surface area contributed by atoms with Gasteiger partial charge < -0.3 is 10.3 Å². The van der Waals surface area contributed by atoms with Gasteiger partial charge in [0, 0.05) is 23.5 Å². The summed E-state index contributed by atoms with van der Waals surface area (Å²) in [6, 6.07) is 6.05. The Morgan fingerprint density at radius 2 is 2.31 bits per heavy atom. The minimum atomic E-state index is 0.320. The summed E-state index contributed by atoms with van der Waals surface area (Å²) in [4.78, 5) is 7.19. The number of rotatable bonds is 3. The normalized spacial score (nSPS) is 11.6. The van der Waals surface area contributed by atoms with Crippen LogP contribution in [0.5, 0.6) is 0 Å². The Hall–Kier alpha value is -1.48. The summed E-state index contributed by atoms with van der Waals surface area (Å²) in [6.07, 6.45) is 1.72. The summed E-state index contributed by atoms with van der Waals surface area (Å²) < 4.78 is 7.78. The van der Waals surface area contributed by atoms with Crippen molar-refractivity contribution in [3.63, 3.8) is 0 Å². The molecule has 0 atom stereocenters. The Morgan fingerprint density at radius 1 is 1.50 bits per heavy atom. The minimum Gasteiger partial charge on any atom is -0.368 e. The summed E-state index contributed by atoms with van der Waals surface area (Å²) in [5, 5.41) is 3.69. The van der Waals surface area contributed by atoms with Gasteiger partial charge in [-0.25, -0.2) is 4.98 Å². The van der Waals surface area contributed by atoms with Crippen LogP contribution in [0.1, 0.15) is 15.2 Å². The smallest absolute Gasteiger partial charge is 0.126 e. The second-order valence-corrected chi connectivity index (χ2v) is 4.27. The molecular weight excluding hydrogens is 222 g/mol. The molecule has 16 heavy (non-hydrogen) atoms. The zero-order valence-electron chi connectivity index (χ0n) is 10.2. The number of pyridine rings is 1. The van der Waals surface area contributed by atoms with Gasteiger partial charge in [-0.1, -0.05) is 11.6 Å². The number of hydrogen-bond donors (Lipinski definition) is 2. The number of anilines is 1. The van der Waals surface area contributed by atoms with E-state index in [1.165, 1.54) is 0 Å². The first-order chi connectivity index (χ1) is 8.06. The van der Waals surface area contributed by atoms with E-state index in [4.69, 9.17) is 13.0 Å². The largest absolute Gasteiger partial charge is 0.368 e. The van der Waals surface area contributed by atoms with E-state index in [0.29, 0.717) is 22.9 Å². The maximum Gasteiger partial charge on any atom is 0.126 e. The Kier molecular flexibility index (Phi) is 2.78. The highest BCUT2D eigenvalue weighted by atomic mass is 35.5. The van der Waals surface area contributed by atoms with E-state index < -0.39 is 0 Å². The second-order valence-electron chi connectivity index (χ2n) is 3.87. The van der Waals surface area contributed by atoms with Crippen LogP contribution in [0.15, 0.2) is 30.4 Å². The molecule has 3 nitrogen and oxygen atoms in total. The van der Waals surface area contributed by atoms with Crippen molar-refractivity contribution >= 4 is 17.4 Å². The third-order valence-electron chi connectivity index (χ3n) is 2.07. The monoisotopic (exact) mass is 236 g/mol. The number of aromatic nitrogens is 2. The molecule has 0 amide bonds. The molecule has 2 aromatic heterocycles. The molecule has 4 heteroatoms. The first kappa shape index (κ1) is 9.73. The fraction of sp³-hybridized carbons (Fsp3) is 0.250. The molecule has 2 N–H and O–H groups in total. The van der Waals surface area contributed by atoms with Gasteiger partial charge in [0.05, 0.1) is 1.37 Å². The SMILES string of the molecule is [2H]c1cc(Cl)[nH]c1-c1ccnc(NC(C)C)c1. The Balaban J connectivity index is 2.36. The zero-order valence-corrected chi connectivity index (χ0v) is 9.97. The maximum atomic E-state index is 7.78. The lowest BCUT2D eigenvalue weighted by Crippen LogP contribution is -2.10. The van der Waals surface area contributed by atoms with Gasteiger partial charge in [0.25, 0.3) is 0 Å². The number of nitrogens with one attached hydrogen (secondary N) is 2. The molecule has 0 radical (unpaired) electrons. The van der Waals surface area contributed by atoms with Gasteiger partial charge in [-0.15, -0.1) is 0 Å². The van der Waals surface area contributed by atoms with Crippen LogP contribution in [-0.2, 0) is 0 Å². The van der Waals surface area contributed by atoms with Crippen molar-refractivity contribution < 1.29 is 1.37 Å². The van der Waals surface area contributed by atoms with Crippen molar-refractivity contribution in [3.05, 3.63) is 35.6 Å². The van der Waals surface area contributed by atoms with Gasteiger partial charge in [0.2, 0.25) is 0 Å². The summed E-state index contributed by atoms with van der Waals surface area (Å²) in [5.41, 5.74) is 1.62. The van der Waals surface area contributed by atoms with E-state index in [1.807, 2.05) is 12.1 Å². The summed E-state index contributed by atoms with van der Waals surface area (Å²) in [5.74, 6) is 0.794. The van der Waals surface area contributed by atoms with Crippen LogP contribution in [0.2, 0.25) is 5.15 Å². The lowest BCUT2D eigenvalue weighted by Gasteiger charge is -2.09. The van der Waals surface area contributed by atoms with Gasteiger partial charge >= 0.3 is 0 Å². The first-order valence-electron chi connectivity index (χ1n) is 5.64. The van der Waals surface area contributed by atoms with Crippen LogP contribution in [0, 0.1) is 0 Å². The van der Waals surface area contributed by atoms with Crippen LogP contribution in [0.25, 0.3) is 11.3 Å². The number of hydrogen-bond acceptors (Lipinski definition) is 2. The van der Waals surface area contributed by atoms with E-state index in [9.17, 15) is 0 Å². The quantitative estimate of drug-likeness (QED) is 0.856. The number of aromatic amines is 1. The standard InChI is InChI=1S/C12H14ClN3/c1-8(2)15-12-7-9(5-6-14-12)10-3-4-11(13)16-10/h3-8,16H,1-2H3,(H,14,15)/i3D. The number of H-pyrrole nitrogens is 1. The van der Waals surface area contributed by atoms with Crippen LogP contribution in [-0.4, -0.2) is 16.0 Å². The third-order valence-corrected chi connectivity index (χ3v) is 2.28. The van der Waals surface area contributed by atoms with Gasteiger partial charge in [0.15, 0.2) is 0 Å². The number of nitrogens with zero attached hydrogens (tertiary/aromatic N) is 1. The van der Waals surface area contributed by atoms with E-state index in [1.54, 1.807) is 12.3 Å². The average Bonchev–Trinajstić information content (AvgIpc) is 2.57. The average molecular weight is 237 g/mol. The highest BCUT2D eigenvalue weighted by Crippen LogP contribution is 2.22. The van der Waals surface area contributed by atoms with Crippen molar-refractivity contribution in [1.29, 1.82) is 0 Å². The molecule has 0 fully saturated rings. The lowest BCUT2D eigenvalue weighted by atomic mass is 10.2. The highest BCUT2D eigenvalue weighted by molar-refractivity contribution is 6.29. The molecule has 2 aromatic rings. The molecule has 2 rings (SSSR count). The van der Waals surface area contributed by atoms with Crippen LogP contribution in [0.4, 0.5) is 5.82 Å². The molecule has 0 spiro atoms. The van der Waals surface area contributed by atoms with Crippen molar-refractivity contribution in [2.24, 2.45) is 0 Å². The molecule has 0 saturated heterocycles. The molecule has 0 unspecified atom stereocenters. The van der Waals surface area contributed by atoms with E-state index >= 15 is 0 Å². The van der Waals surface area contributed by atoms with Crippen LogP contribution < -0.4 is 5.32 Å². The molecule has 0 aromatic carbocycles. The number of halogens is 1. The van der Waals surface area contributed by atoms with Crippen LogP contribution in [0.3, 0.4) is 0 Å². The molecular formula is C12H14ClN3. The molecule has 84 valence electrons. The predicted molar refractivity (Wildman–Crippen MR) is 67.8 cm³/mol. The minimum absolute atomic E-state index is 0.320. The van der Waals surface area contributed by atoms with Gasteiger partial charge in [0.1, 0.15) is 11.0 Å². The summed E-state index contributed by atoms with van der Waals surface area (Å²) >= 11 is 5.83. The molecule has 0 bridgehead atoms. The van der Waals surface area contributed by atoms with Crippen LogP contribution >= 0.6 is 11.6 Å². The molecule has 2 heterocycles. The zero-order chi connectivity index (χ0) is 12.4. The van der Waals surface area contributed by atoms with Crippen molar-refractivity contribution in [2.75, 3.05) is 5.32 Å². The Labute approximate surface area is 101 Å². The highest BCUT2D eigenvalue weighted by Gasteiger charge is 2.03. The van der Waals surface area contributed by atoms with E-state index in [2.05, 4.69) is 29.1 Å². The van der Waals surface area contributed by atoms with Crippen molar-refractivity contribution in [2.45, 2.75) is 19.9 Å². The predicted octanol–water partition coefficient (Wildman–Crippen LogP) is 3.55.